The average Bonchev–Trinajstić information content (AvgIpc) is 2.05. The summed E-state index contributed by atoms with van der Waals surface area (Å²) in [5.74, 6) is -0.574. The molecule has 0 spiro atoms. The van der Waals surface area contributed by atoms with Crippen molar-refractivity contribution >= 4 is 12.1 Å². The minimum atomic E-state index is -0.918. The molecule has 0 heterocycles. The summed E-state index contributed by atoms with van der Waals surface area (Å²) in [6.07, 6.45) is -1.78. The van der Waals surface area contributed by atoms with Crippen LogP contribution in [-0.2, 0) is 19.0 Å². The van der Waals surface area contributed by atoms with Crippen LogP contribution in [0.1, 0.15) is 20.8 Å². The Kier molecular flexibility index (Phi) is 5.67. The predicted molar refractivity (Wildman–Crippen MR) is 44.2 cm³/mol. The third-order valence-corrected chi connectivity index (χ3v) is 1.15. The summed E-state index contributed by atoms with van der Waals surface area (Å²) in [6.45, 7) is 5.23. The highest BCUT2D eigenvalue weighted by Gasteiger charge is 2.18. The van der Waals surface area contributed by atoms with Gasteiger partial charge < -0.3 is 14.2 Å². The number of carbonyl (C=O) groups excluding carboxylic acids is 2. The summed E-state index contributed by atoms with van der Waals surface area (Å²) < 4.78 is 13.7. The first-order valence-electron chi connectivity index (χ1n) is 4.11. The highest BCUT2D eigenvalue weighted by atomic mass is 16.7. The molecule has 5 heteroatoms. The van der Waals surface area contributed by atoms with Crippen molar-refractivity contribution in [1.82, 2.24) is 0 Å². The molecule has 0 N–H and O–H groups in total. The zero-order valence-corrected chi connectivity index (χ0v) is 8.03. The van der Waals surface area contributed by atoms with E-state index in [0.717, 1.165) is 0 Å². The van der Waals surface area contributed by atoms with Crippen molar-refractivity contribution in [2.24, 2.45) is 0 Å². The molecule has 0 saturated carbocycles. The molecule has 0 aromatic carbocycles. The van der Waals surface area contributed by atoms with Crippen molar-refractivity contribution in [3.8, 4) is 0 Å². The maximum absolute atomic E-state index is 10.9. The molecule has 0 fully saturated rings. The van der Waals surface area contributed by atoms with Gasteiger partial charge in [0.15, 0.2) is 6.10 Å². The van der Waals surface area contributed by atoms with Gasteiger partial charge in [0.2, 0.25) is 0 Å². The maximum Gasteiger partial charge on any atom is 0.509 e. The van der Waals surface area contributed by atoms with Crippen molar-refractivity contribution in [3.05, 3.63) is 0 Å². The lowest BCUT2D eigenvalue weighted by molar-refractivity contribution is -0.153. The first kappa shape index (κ1) is 11.7. The van der Waals surface area contributed by atoms with Gasteiger partial charge in [-0.25, -0.2) is 9.59 Å². The van der Waals surface area contributed by atoms with E-state index in [0.29, 0.717) is 0 Å². The van der Waals surface area contributed by atoms with Crippen LogP contribution in [0.2, 0.25) is 0 Å². The van der Waals surface area contributed by atoms with Crippen molar-refractivity contribution in [3.63, 3.8) is 0 Å². The molecule has 5 nitrogen and oxygen atoms in total. The Morgan fingerprint density at radius 3 is 2.15 bits per heavy atom. The van der Waals surface area contributed by atoms with Crippen LogP contribution in [0.5, 0.6) is 0 Å². The molecule has 0 saturated heterocycles. The molecule has 0 aliphatic heterocycles. The quantitative estimate of drug-likeness (QED) is 0.621. The number of hydrogen-bond acceptors (Lipinski definition) is 5. The smallest absolute Gasteiger partial charge is 0.463 e. The SMILES string of the molecule is CCOC(=O)O[C@@H](C)C(=O)OCC. The highest BCUT2D eigenvalue weighted by Crippen LogP contribution is 1.97. The molecule has 0 radical (unpaired) electrons. The molecule has 0 rings (SSSR count). The zero-order chi connectivity index (χ0) is 10.3. The predicted octanol–water partition coefficient (Wildman–Crippen LogP) is 1.11. The summed E-state index contributed by atoms with van der Waals surface area (Å²) in [5.41, 5.74) is 0. The van der Waals surface area contributed by atoms with E-state index >= 15 is 0 Å². The van der Waals surface area contributed by atoms with Gasteiger partial charge in [0.25, 0.3) is 0 Å². The molecule has 0 aliphatic carbocycles. The van der Waals surface area contributed by atoms with Gasteiger partial charge in [-0.3, -0.25) is 0 Å². The first-order valence-corrected chi connectivity index (χ1v) is 4.11. The van der Waals surface area contributed by atoms with E-state index in [2.05, 4.69) is 14.2 Å². The van der Waals surface area contributed by atoms with Gasteiger partial charge in [-0.1, -0.05) is 0 Å². The van der Waals surface area contributed by atoms with E-state index in [9.17, 15) is 9.59 Å². The van der Waals surface area contributed by atoms with Crippen molar-refractivity contribution < 1.29 is 23.8 Å². The summed E-state index contributed by atoms with van der Waals surface area (Å²) in [6, 6.07) is 0. The van der Waals surface area contributed by atoms with E-state index in [1.54, 1.807) is 13.8 Å². The van der Waals surface area contributed by atoms with Crippen molar-refractivity contribution in [2.45, 2.75) is 26.9 Å². The number of carbonyl (C=O) groups is 2. The van der Waals surface area contributed by atoms with Crippen LogP contribution in [-0.4, -0.2) is 31.4 Å². The number of esters is 1. The Labute approximate surface area is 77.0 Å². The second-order valence-corrected chi connectivity index (χ2v) is 2.20. The van der Waals surface area contributed by atoms with Crippen molar-refractivity contribution in [1.29, 1.82) is 0 Å². The first-order chi connectivity index (χ1) is 6.11. The Balaban J connectivity index is 3.78. The van der Waals surface area contributed by atoms with Crippen LogP contribution < -0.4 is 0 Å². The molecule has 0 unspecified atom stereocenters. The van der Waals surface area contributed by atoms with Gasteiger partial charge in [-0.05, 0) is 20.8 Å². The molecular formula is C8H14O5. The Bertz CT molecular complexity index is 177. The van der Waals surface area contributed by atoms with Gasteiger partial charge >= 0.3 is 12.1 Å². The van der Waals surface area contributed by atoms with Gasteiger partial charge in [-0.2, -0.15) is 0 Å². The molecule has 0 aliphatic rings. The van der Waals surface area contributed by atoms with Gasteiger partial charge in [-0.15, -0.1) is 0 Å². The standard InChI is InChI=1S/C8H14O5/c1-4-11-7(9)6(3)13-8(10)12-5-2/h6H,4-5H2,1-3H3/t6-/m0/s1. The monoisotopic (exact) mass is 190 g/mol. The lowest BCUT2D eigenvalue weighted by Crippen LogP contribution is -2.26. The normalized spacial score (nSPS) is 11.6. The molecule has 13 heavy (non-hydrogen) atoms. The lowest BCUT2D eigenvalue weighted by Gasteiger charge is -2.10. The topological polar surface area (TPSA) is 61.8 Å². The number of hydrogen-bond donors (Lipinski definition) is 0. The second kappa shape index (κ2) is 6.28. The Morgan fingerprint density at radius 2 is 1.69 bits per heavy atom. The van der Waals surface area contributed by atoms with Crippen LogP contribution in [0.25, 0.3) is 0 Å². The fourth-order valence-electron chi connectivity index (χ4n) is 0.604. The van der Waals surface area contributed by atoms with E-state index in [1.807, 2.05) is 0 Å². The summed E-state index contributed by atoms with van der Waals surface area (Å²) in [5, 5.41) is 0. The largest absolute Gasteiger partial charge is 0.509 e. The fourth-order valence-corrected chi connectivity index (χ4v) is 0.604. The fraction of sp³-hybridized carbons (Fsp3) is 0.750. The van der Waals surface area contributed by atoms with Crippen LogP contribution in [0, 0.1) is 0 Å². The molecule has 1 atom stereocenters. The summed E-state index contributed by atoms with van der Waals surface area (Å²) in [7, 11) is 0. The van der Waals surface area contributed by atoms with E-state index in [1.165, 1.54) is 6.92 Å². The van der Waals surface area contributed by atoms with Crippen molar-refractivity contribution in [2.75, 3.05) is 13.2 Å². The Hall–Kier alpha value is -1.26. The molecule has 0 amide bonds. The van der Waals surface area contributed by atoms with Crippen LogP contribution in [0.3, 0.4) is 0 Å². The average molecular weight is 190 g/mol. The van der Waals surface area contributed by atoms with E-state index < -0.39 is 18.2 Å². The molecule has 0 aromatic heterocycles. The van der Waals surface area contributed by atoms with Crippen LogP contribution >= 0.6 is 0 Å². The minimum Gasteiger partial charge on any atom is -0.463 e. The van der Waals surface area contributed by atoms with E-state index in [4.69, 9.17) is 0 Å². The van der Waals surface area contributed by atoms with Crippen LogP contribution in [0.15, 0.2) is 0 Å². The number of rotatable bonds is 4. The van der Waals surface area contributed by atoms with E-state index in [-0.39, 0.29) is 13.2 Å². The molecule has 76 valence electrons. The third-order valence-electron chi connectivity index (χ3n) is 1.15. The van der Waals surface area contributed by atoms with Gasteiger partial charge in [0.05, 0.1) is 13.2 Å². The molecule has 0 aromatic rings. The lowest BCUT2D eigenvalue weighted by atomic mass is 10.4. The molecule has 0 bridgehead atoms. The Morgan fingerprint density at radius 1 is 1.15 bits per heavy atom. The third kappa shape index (κ3) is 5.05. The summed E-state index contributed by atoms with van der Waals surface area (Å²) >= 11 is 0. The number of ether oxygens (including phenoxy) is 3. The van der Waals surface area contributed by atoms with Gasteiger partial charge in [0.1, 0.15) is 0 Å². The molecular weight excluding hydrogens is 176 g/mol. The maximum atomic E-state index is 10.9. The minimum absolute atomic E-state index is 0.217. The van der Waals surface area contributed by atoms with Crippen LogP contribution in [0.4, 0.5) is 4.79 Å². The van der Waals surface area contributed by atoms with Gasteiger partial charge in [0, 0.05) is 0 Å². The summed E-state index contributed by atoms with van der Waals surface area (Å²) in [4.78, 5) is 21.6. The second-order valence-electron chi connectivity index (χ2n) is 2.20. The zero-order valence-electron chi connectivity index (χ0n) is 8.03. The highest BCUT2D eigenvalue weighted by molar-refractivity contribution is 5.76.